The number of hydrogen-bond acceptors (Lipinski definition) is 4. The number of carbonyl (C=O) groups excluding carboxylic acids is 2. The smallest absolute Gasteiger partial charge is 0.311 e. The Labute approximate surface area is 193 Å². The molecule has 0 aliphatic heterocycles. The Hall–Kier alpha value is -4.19. The zero-order valence-electron chi connectivity index (χ0n) is 18.6. The fourth-order valence-electron chi connectivity index (χ4n) is 3.38. The predicted molar refractivity (Wildman–Crippen MR) is 128 cm³/mol. The summed E-state index contributed by atoms with van der Waals surface area (Å²) in [6.07, 6.45) is 4.46. The van der Waals surface area contributed by atoms with E-state index in [1.165, 1.54) is 0 Å². The lowest BCUT2D eigenvalue weighted by atomic mass is 10.1. The molecule has 166 valence electrons. The van der Waals surface area contributed by atoms with Gasteiger partial charge < -0.3 is 9.64 Å². The van der Waals surface area contributed by atoms with Crippen molar-refractivity contribution in [3.05, 3.63) is 108 Å². The van der Waals surface area contributed by atoms with E-state index in [1.54, 1.807) is 47.1 Å². The summed E-state index contributed by atoms with van der Waals surface area (Å²) in [5.74, 6) is 0.0232. The van der Waals surface area contributed by atoms with Crippen molar-refractivity contribution in [3.63, 3.8) is 0 Å². The molecular formula is C27H25N3O3. The summed E-state index contributed by atoms with van der Waals surface area (Å²) in [6, 6.07) is 24.2. The topological polar surface area (TPSA) is 64.4 Å². The average molecular weight is 440 g/mol. The highest BCUT2D eigenvalue weighted by molar-refractivity contribution is 6.05. The minimum Gasteiger partial charge on any atom is -0.427 e. The third-order valence-corrected chi connectivity index (χ3v) is 5.33. The Kier molecular flexibility index (Phi) is 6.64. The molecule has 0 N–H and O–H groups in total. The van der Waals surface area contributed by atoms with Gasteiger partial charge in [-0.25, -0.2) is 4.68 Å². The van der Waals surface area contributed by atoms with Gasteiger partial charge in [-0.1, -0.05) is 35.9 Å². The van der Waals surface area contributed by atoms with Crippen LogP contribution in [0.3, 0.4) is 0 Å². The zero-order valence-corrected chi connectivity index (χ0v) is 18.6. The Morgan fingerprint density at radius 3 is 2.33 bits per heavy atom. The van der Waals surface area contributed by atoms with Crippen LogP contribution in [0.4, 0.5) is 5.69 Å². The van der Waals surface area contributed by atoms with Crippen molar-refractivity contribution in [2.75, 3.05) is 11.9 Å². The predicted octanol–water partition coefficient (Wildman–Crippen LogP) is 5.00. The van der Waals surface area contributed by atoms with Crippen molar-refractivity contribution in [1.82, 2.24) is 9.78 Å². The number of carbonyl (C=O) groups is 2. The van der Waals surface area contributed by atoms with Gasteiger partial charge in [0.25, 0.3) is 5.91 Å². The molecule has 0 fully saturated rings. The van der Waals surface area contributed by atoms with E-state index in [1.807, 2.05) is 67.7 Å². The number of aryl methyl sites for hydroxylation is 2. The first kappa shape index (κ1) is 22.0. The summed E-state index contributed by atoms with van der Waals surface area (Å²) < 4.78 is 7.24. The second-order valence-corrected chi connectivity index (χ2v) is 7.83. The molecule has 4 rings (SSSR count). The molecule has 6 heteroatoms. The maximum absolute atomic E-state index is 12.7. The van der Waals surface area contributed by atoms with Crippen LogP contribution in [0.5, 0.6) is 5.75 Å². The van der Waals surface area contributed by atoms with E-state index < -0.39 is 0 Å². The molecule has 0 saturated heterocycles. The van der Waals surface area contributed by atoms with Gasteiger partial charge in [-0.2, -0.15) is 5.10 Å². The Balaban J connectivity index is 1.30. The van der Waals surface area contributed by atoms with Crippen LogP contribution in [0.15, 0.2) is 91.3 Å². The van der Waals surface area contributed by atoms with E-state index in [0.29, 0.717) is 23.4 Å². The van der Waals surface area contributed by atoms with Crippen LogP contribution in [0.1, 0.15) is 27.9 Å². The number of nitrogens with zero attached hydrogens (tertiary/aromatic N) is 3. The Bertz CT molecular complexity index is 1230. The van der Waals surface area contributed by atoms with Gasteiger partial charge in [0.1, 0.15) is 5.75 Å². The zero-order chi connectivity index (χ0) is 23.2. The van der Waals surface area contributed by atoms with E-state index in [4.69, 9.17) is 4.74 Å². The molecule has 0 aliphatic carbocycles. The van der Waals surface area contributed by atoms with E-state index in [-0.39, 0.29) is 18.3 Å². The van der Waals surface area contributed by atoms with Crippen molar-refractivity contribution >= 4 is 17.6 Å². The average Bonchev–Trinajstić information content (AvgIpc) is 3.33. The molecule has 0 spiro atoms. The van der Waals surface area contributed by atoms with Gasteiger partial charge in [0.2, 0.25) is 0 Å². The minimum atomic E-state index is -0.320. The molecule has 3 aromatic carbocycles. The largest absolute Gasteiger partial charge is 0.427 e. The van der Waals surface area contributed by atoms with Crippen LogP contribution < -0.4 is 9.64 Å². The fourth-order valence-corrected chi connectivity index (χ4v) is 3.38. The minimum absolute atomic E-state index is 0.101. The van der Waals surface area contributed by atoms with Crippen LogP contribution in [0.25, 0.3) is 5.69 Å². The summed E-state index contributed by atoms with van der Waals surface area (Å²) in [5, 5.41) is 4.35. The first-order valence-electron chi connectivity index (χ1n) is 10.7. The number of hydrogen-bond donors (Lipinski definition) is 0. The first-order valence-corrected chi connectivity index (χ1v) is 10.7. The molecule has 4 aromatic rings. The summed E-state index contributed by atoms with van der Waals surface area (Å²) in [4.78, 5) is 26.5. The lowest BCUT2D eigenvalue weighted by Gasteiger charge is -2.18. The number of amides is 1. The van der Waals surface area contributed by atoms with Gasteiger partial charge in [0, 0.05) is 24.5 Å². The van der Waals surface area contributed by atoms with Gasteiger partial charge in [-0.05, 0) is 67.4 Å². The van der Waals surface area contributed by atoms with Crippen molar-refractivity contribution in [2.24, 2.45) is 0 Å². The Morgan fingerprint density at radius 1 is 0.939 bits per heavy atom. The van der Waals surface area contributed by atoms with Crippen LogP contribution in [0.2, 0.25) is 0 Å². The van der Waals surface area contributed by atoms with Crippen molar-refractivity contribution in [1.29, 1.82) is 0 Å². The molecule has 1 aromatic heterocycles. The highest BCUT2D eigenvalue weighted by Crippen LogP contribution is 2.21. The molecule has 1 amide bonds. The van der Waals surface area contributed by atoms with E-state index in [2.05, 4.69) is 5.10 Å². The molecule has 0 aliphatic rings. The van der Waals surface area contributed by atoms with Crippen LogP contribution in [-0.4, -0.2) is 28.7 Å². The molecule has 0 atom stereocenters. The second kappa shape index (κ2) is 9.96. The molecule has 6 nitrogen and oxygen atoms in total. The second-order valence-electron chi connectivity index (χ2n) is 7.83. The summed E-state index contributed by atoms with van der Waals surface area (Å²) in [5.41, 5.74) is 4.37. The monoisotopic (exact) mass is 439 g/mol. The number of rotatable bonds is 7. The molecule has 0 radical (unpaired) electrons. The standard InChI is InChI=1S/C27H25N3O3/c1-20-8-11-22(12-9-20)27(32)29(2)23-13-15-25(16-14-23)33-26(31)17-10-21-18-28-30(19-21)24-6-4-3-5-7-24/h3-9,11-16,18-19H,10,17H2,1-2H3. The number of esters is 1. The molecule has 33 heavy (non-hydrogen) atoms. The highest BCUT2D eigenvalue weighted by atomic mass is 16.5. The maximum Gasteiger partial charge on any atom is 0.311 e. The molecule has 0 bridgehead atoms. The van der Waals surface area contributed by atoms with Crippen LogP contribution in [0, 0.1) is 6.92 Å². The van der Waals surface area contributed by atoms with Crippen molar-refractivity contribution in [2.45, 2.75) is 19.8 Å². The lowest BCUT2D eigenvalue weighted by Crippen LogP contribution is -2.26. The molecular weight excluding hydrogens is 414 g/mol. The van der Waals surface area contributed by atoms with E-state index in [9.17, 15) is 9.59 Å². The van der Waals surface area contributed by atoms with Gasteiger partial charge in [0.05, 0.1) is 18.3 Å². The number of aromatic nitrogens is 2. The van der Waals surface area contributed by atoms with Crippen LogP contribution >= 0.6 is 0 Å². The molecule has 0 saturated carbocycles. The fraction of sp³-hybridized carbons (Fsp3) is 0.148. The third-order valence-electron chi connectivity index (χ3n) is 5.33. The summed E-state index contributed by atoms with van der Waals surface area (Å²) >= 11 is 0. The summed E-state index contributed by atoms with van der Waals surface area (Å²) in [6.45, 7) is 1.98. The Morgan fingerprint density at radius 2 is 1.64 bits per heavy atom. The SMILES string of the molecule is Cc1ccc(C(=O)N(C)c2ccc(OC(=O)CCc3cnn(-c4ccccc4)c3)cc2)cc1. The number of anilines is 1. The van der Waals surface area contributed by atoms with Crippen molar-refractivity contribution in [3.8, 4) is 11.4 Å². The van der Waals surface area contributed by atoms with Gasteiger partial charge >= 0.3 is 5.97 Å². The van der Waals surface area contributed by atoms with Gasteiger partial charge in [0.15, 0.2) is 0 Å². The summed E-state index contributed by atoms with van der Waals surface area (Å²) in [7, 11) is 1.72. The third kappa shape index (κ3) is 5.54. The normalized spacial score (nSPS) is 10.6. The number of benzene rings is 3. The van der Waals surface area contributed by atoms with E-state index in [0.717, 1.165) is 16.8 Å². The van der Waals surface area contributed by atoms with Gasteiger partial charge in [-0.3, -0.25) is 9.59 Å². The maximum atomic E-state index is 12.7. The van der Waals surface area contributed by atoms with Gasteiger partial charge in [-0.15, -0.1) is 0 Å². The van der Waals surface area contributed by atoms with Crippen molar-refractivity contribution < 1.29 is 14.3 Å². The molecule has 1 heterocycles. The van der Waals surface area contributed by atoms with E-state index >= 15 is 0 Å². The highest BCUT2D eigenvalue weighted by Gasteiger charge is 2.14. The quantitative estimate of drug-likeness (QED) is 0.300. The van der Waals surface area contributed by atoms with Crippen LogP contribution in [-0.2, 0) is 11.2 Å². The number of para-hydroxylation sites is 1. The number of ether oxygens (including phenoxy) is 1. The first-order chi connectivity index (χ1) is 16.0. The lowest BCUT2D eigenvalue weighted by molar-refractivity contribution is -0.134. The molecule has 0 unspecified atom stereocenters.